The van der Waals surface area contributed by atoms with E-state index in [0.29, 0.717) is 36.2 Å². The van der Waals surface area contributed by atoms with Crippen molar-refractivity contribution in [2.75, 3.05) is 13.2 Å². The van der Waals surface area contributed by atoms with Crippen LogP contribution < -0.4 is 9.47 Å². The van der Waals surface area contributed by atoms with E-state index in [4.69, 9.17) is 38.5 Å². The van der Waals surface area contributed by atoms with Crippen LogP contribution in [0.2, 0.25) is 0 Å². The molecule has 8 nitrogen and oxygen atoms in total. The molecule has 6 rings (SSSR count). The Morgan fingerprint density at radius 1 is 0.568 bits per heavy atom. The van der Waals surface area contributed by atoms with Crippen LogP contribution in [0.4, 0.5) is 0 Å². The van der Waals surface area contributed by atoms with Gasteiger partial charge in [0.25, 0.3) is 0 Å². The molecule has 0 radical (unpaired) electrons. The number of rotatable bonds is 8. The van der Waals surface area contributed by atoms with E-state index in [1.165, 1.54) is 0 Å². The summed E-state index contributed by atoms with van der Waals surface area (Å²) in [6, 6.07) is 27.3. The Morgan fingerprint density at radius 2 is 0.955 bits per heavy atom. The quantitative estimate of drug-likeness (QED) is 0.187. The Hall–Kier alpha value is -4.02. The first-order valence-electron chi connectivity index (χ1n) is 14.5. The summed E-state index contributed by atoms with van der Waals surface area (Å²) in [4.78, 5) is 21.6. The second-order valence-corrected chi connectivity index (χ2v) is 11.7. The summed E-state index contributed by atoms with van der Waals surface area (Å²) in [5.41, 5.74) is 3.38. The maximum atomic E-state index is 6.16. The minimum Gasteiger partial charge on any atom is -0.457 e. The fraction of sp³-hybridized carbons (Fsp3) is 0.278. The van der Waals surface area contributed by atoms with Crippen molar-refractivity contribution in [2.45, 2.75) is 51.5 Å². The predicted molar refractivity (Wildman–Crippen MR) is 167 cm³/mol. The van der Waals surface area contributed by atoms with Gasteiger partial charge in [0.15, 0.2) is 11.6 Å². The Balaban J connectivity index is 1.08. The first-order valence-corrected chi connectivity index (χ1v) is 14.5. The Bertz CT molecular complexity index is 1520. The molecule has 0 saturated carbocycles. The SMILES string of the molecule is C=C(c1ccc(Oc2ccc3ccc(Oc4ccc(C(=C)C5COC(C)(C)OO5)cc4)cc3c2)cc1)C1COC(C)(C)OO1. The smallest absolute Gasteiger partial charge is 0.196 e. The molecule has 8 heteroatoms. The van der Waals surface area contributed by atoms with E-state index in [-0.39, 0.29) is 12.2 Å². The molecular formula is C36H36O8. The molecule has 4 aromatic rings. The summed E-state index contributed by atoms with van der Waals surface area (Å²) >= 11 is 0. The van der Waals surface area contributed by atoms with Crippen molar-refractivity contribution in [3.63, 3.8) is 0 Å². The van der Waals surface area contributed by atoms with E-state index in [1.807, 2.05) is 84.9 Å². The molecule has 2 aliphatic heterocycles. The van der Waals surface area contributed by atoms with E-state index >= 15 is 0 Å². The maximum absolute atomic E-state index is 6.16. The third-order valence-corrected chi connectivity index (χ3v) is 7.38. The van der Waals surface area contributed by atoms with Crippen molar-refractivity contribution in [2.24, 2.45) is 0 Å². The molecule has 0 N–H and O–H groups in total. The zero-order chi connectivity index (χ0) is 30.9. The number of hydrogen-bond acceptors (Lipinski definition) is 8. The van der Waals surface area contributed by atoms with E-state index < -0.39 is 11.6 Å². The lowest BCUT2D eigenvalue weighted by molar-refractivity contribution is -0.467. The van der Waals surface area contributed by atoms with Crippen molar-refractivity contribution in [1.82, 2.24) is 0 Å². The van der Waals surface area contributed by atoms with Gasteiger partial charge < -0.3 is 18.9 Å². The molecule has 0 aromatic heterocycles. The van der Waals surface area contributed by atoms with Crippen LogP contribution in [-0.2, 0) is 29.0 Å². The van der Waals surface area contributed by atoms with Gasteiger partial charge in [-0.2, -0.15) is 0 Å². The monoisotopic (exact) mass is 596 g/mol. The summed E-state index contributed by atoms with van der Waals surface area (Å²) in [6.07, 6.45) is -0.753. The number of fused-ring (bicyclic) bond motifs is 1. The topological polar surface area (TPSA) is 73.8 Å². The molecule has 0 aliphatic carbocycles. The molecule has 4 aromatic carbocycles. The van der Waals surface area contributed by atoms with Crippen LogP contribution in [0.25, 0.3) is 21.9 Å². The minimum atomic E-state index is -0.766. The highest BCUT2D eigenvalue weighted by molar-refractivity contribution is 5.85. The van der Waals surface area contributed by atoms with Gasteiger partial charge >= 0.3 is 0 Å². The van der Waals surface area contributed by atoms with Crippen molar-refractivity contribution >= 4 is 21.9 Å². The second kappa shape index (κ2) is 12.2. The zero-order valence-electron chi connectivity index (χ0n) is 25.3. The average Bonchev–Trinajstić information content (AvgIpc) is 3.01. The highest BCUT2D eigenvalue weighted by Crippen LogP contribution is 2.33. The third kappa shape index (κ3) is 7.03. The lowest BCUT2D eigenvalue weighted by Gasteiger charge is -2.34. The fourth-order valence-electron chi connectivity index (χ4n) is 4.77. The Kier molecular flexibility index (Phi) is 8.30. The van der Waals surface area contributed by atoms with Gasteiger partial charge in [-0.1, -0.05) is 49.6 Å². The van der Waals surface area contributed by atoms with Gasteiger partial charge in [0.2, 0.25) is 0 Å². The predicted octanol–water partition coefficient (Wildman–Crippen LogP) is 8.62. The van der Waals surface area contributed by atoms with Gasteiger partial charge in [0, 0.05) is 0 Å². The van der Waals surface area contributed by atoms with Gasteiger partial charge in [0.1, 0.15) is 35.2 Å². The summed E-state index contributed by atoms with van der Waals surface area (Å²) < 4.78 is 23.7. The largest absolute Gasteiger partial charge is 0.457 e. The normalized spacial score (nSPS) is 21.0. The lowest BCUT2D eigenvalue weighted by Crippen LogP contribution is -2.40. The van der Waals surface area contributed by atoms with Gasteiger partial charge in [-0.05, 0) is 109 Å². The molecule has 0 amide bonds. The standard InChI is InChI=1S/C36H36O8/c1-23(33-21-37-35(3,4)43-41-33)25-7-13-29(14-8-25)39-31-17-11-27-12-18-32(20-28(27)19-31)40-30-15-9-26(10-16-30)24(2)34-22-38-36(5,6)44-42-34/h7-20,33-34H,1-2,21-22H2,3-6H3. The van der Waals surface area contributed by atoms with Crippen molar-refractivity contribution in [3.8, 4) is 23.0 Å². The Morgan fingerprint density at radius 3 is 1.32 bits per heavy atom. The van der Waals surface area contributed by atoms with Crippen LogP contribution in [0.3, 0.4) is 0 Å². The van der Waals surface area contributed by atoms with Crippen molar-refractivity contribution in [1.29, 1.82) is 0 Å². The first-order chi connectivity index (χ1) is 21.0. The molecule has 2 saturated heterocycles. The van der Waals surface area contributed by atoms with Crippen LogP contribution in [-0.4, -0.2) is 37.0 Å². The minimum absolute atomic E-state index is 0.369. The molecule has 0 bridgehead atoms. The molecule has 2 aliphatic rings. The van der Waals surface area contributed by atoms with E-state index in [2.05, 4.69) is 13.2 Å². The van der Waals surface area contributed by atoms with E-state index in [1.54, 1.807) is 27.7 Å². The molecular weight excluding hydrogens is 560 g/mol. The van der Waals surface area contributed by atoms with Gasteiger partial charge in [-0.15, -0.1) is 0 Å². The molecule has 44 heavy (non-hydrogen) atoms. The average molecular weight is 597 g/mol. The van der Waals surface area contributed by atoms with E-state index in [0.717, 1.165) is 33.0 Å². The van der Waals surface area contributed by atoms with Crippen molar-refractivity contribution < 1.29 is 38.5 Å². The van der Waals surface area contributed by atoms with E-state index in [9.17, 15) is 0 Å². The summed E-state index contributed by atoms with van der Waals surface area (Å²) in [5.74, 6) is 1.30. The highest BCUT2D eigenvalue weighted by Gasteiger charge is 2.33. The zero-order valence-corrected chi connectivity index (χ0v) is 25.3. The molecule has 2 fully saturated rings. The van der Waals surface area contributed by atoms with Crippen LogP contribution >= 0.6 is 0 Å². The molecule has 2 atom stereocenters. The van der Waals surface area contributed by atoms with Crippen LogP contribution in [0.5, 0.6) is 23.0 Å². The van der Waals surface area contributed by atoms with Gasteiger partial charge in [-0.25, -0.2) is 19.6 Å². The first kappa shape index (κ1) is 30.0. The number of hydrogen-bond donors (Lipinski definition) is 0. The van der Waals surface area contributed by atoms with Gasteiger partial charge in [0.05, 0.1) is 13.2 Å². The third-order valence-electron chi connectivity index (χ3n) is 7.38. The number of ether oxygens (including phenoxy) is 4. The summed E-state index contributed by atoms with van der Waals surface area (Å²) in [5, 5.41) is 2.06. The second-order valence-electron chi connectivity index (χ2n) is 11.7. The van der Waals surface area contributed by atoms with Crippen LogP contribution in [0.15, 0.2) is 98.1 Å². The van der Waals surface area contributed by atoms with Crippen LogP contribution in [0, 0.1) is 0 Å². The molecule has 2 heterocycles. The molecule has 2 unspecified atom stereocenters. The highest BCUT2D eigenvalue weighted by atomic mass is 17.2. The Labute approximate surface area is 257 Å². The van der Waals surface area contributed by atoms with Crippen LogP contribution in [0.1, 0.15) is 38.8 Å². The van der Waals surface area contributed by atoms with Gasteiger partial charge in [-0.3, -0.25) is 0 Å². The van der Waals surface area contributed by atoms with Crippen molar-refractivity contribution in [3.05, 3.63) is 109 Å². The summed E-state index contributed by atoms with van der Waals surface area (Å²) in [6.45, 7) is 16.3. The lowest BCUT2D eigenvalue weighted by atomic mass is 10.0. The summed E-state index contributed by atoms with van der Waals surface area (Å²) in [7, 11) is 0. The fourth-order valence-corrected chi connectivity index (χ4v) is 4.77. The molecule has 228 valence electrons. The maximum Gasteiger partial charge on any atom is 0.196 e. The molecule has 0 spiro atoms. The number of benzene rings is 4.